The third-order valence-electron chi connectivity index (χ3n) is 3.12. The van der Waals surface area contributed by atoms with Crippen molar-refractivity contribution in [1.82, 2.24) is 0 Å². The summed E-state index contributed by atoms with van der Waals surface area (Å²) in [6.07, 6.45) is 0. The molecule has 0 spiro atoms. The van der Waals surface area contributed by atoms with Crippen LogP contribution < -0.4 is 10.5 Å². The van der Waals surface area contributed by atoms with E-state index in [0.717, 1.165) is 16.9 Å². The number of aryl methyl sites for hydroxylation is 2. The molecule has 0 heterocycles. The summed E-state index contributed by atoms with van der Waals surface area (Å²) < 4.78 is 5.94. The molecule has 2 rings (SSSR count). The summed E-state index contributed by atoms with van der Waals surface area (Å²) >= 11 is 0. The third-order valence-corrected chi connectivity index (χ3v) is 3.12. The van der Waals surface area contributed by atoms with Crippen LogP contribution in [0.15, 0.2) is 42.5 Å². The minimum Gasteiger partial charge on any atom is -0.488 e. The van der Waals surface area contributed by atoms with Crippen molar-refractivity contribution < 1.29 is 4.74 Å². The standard InChI is InChI=1S/C16H19NO/c1-12-6-5-7-13(2)16(12)18-11-15-9-4-3-8-14(15)10-17/h3-9H,10-11,17H2,1-2H3. The highest BCUT2D eigenvalue weighted by molar-refractivity contribution is 5.40. The lowest BCUT2D eigenvalue weighted by Gasteiger charge is -2.13. The second kappa shape index (κ2) is 5.69. The van der Waals surface area contributed by atoms with E-state index in [1.54, 1.807) is 0 Å². The highest BCUT2D eigenvalue weighted by Crippen LogP contribution is 2.23. The first-order chi connectivity index (χ1) is 8.72. The van der Waals surface area contributed by atoms with Gasteiger partial charge in [0.25, 0.3) is 0 Å². The van der Waals surface area contributed by atoms with Gasteiger partial charge in [-0.2, -0.15) is 0 Å². The van der Waals surface area contributed by atoms with Crippen LogP contribution in [0.25, 0.3) is 0 Å². The fraction of sp³-hybridized carbons (Fsp3) is 0.250. The van der Waals surface area contributed by atoms with E-state index >= 15 is 0 Å². The van der Waals surface area contributed by atoms with Gasteiger partial charge in [0.05, 0.1) is 0 Å². The number of hydrogen-bond donors (Lipinski definition) is 1. The predicted molar refractivity (Wildman–Crippen MR) is 74.6 cm³/mol. The Morgan fingerprint density at radius 2 is 1.50 bits per heavy atom. The normalized spacial score (nSPS) is 10.4. The number of rotatable bonds is 4. The minimum absolute atomic E-state index is 0.548. The summed E-state index contributed by atoms with van der Waals surface area (Å²) in [4.78, 5) is 0. The van der Waals surface area contributed by atoms with Crippen molar-refractivity contribution in [3.8, 4) is 5.75 Å². The van der Waals surface area contributed by atoms with Crippen molar-refractivity contribution >= 4 is 0 Å². The van der Waals surface area contributed by atoms with E-state index in [4.69, 9.17) is 10.5 Å². The molecule has 0 aromatic heterocycles. The second-order valence-electron chi connectivity index (χ2n) is 4.48. The van der Waals surface area contributed by atoms with Gasteiger partial charge in [-0.1, -0.05) is 42.5 Å². The maximum atomic E-state index is 5.94. The summed E-state index contributed by atoms with van der Waals surface area (Å²) in [7, 11) is 0. The first kappa shape index (κ1) is 12.7. The number of ether oxygens (including phenoxy) is 1. The Kier molecular flexibility index (Phi) is 4.00. The lowest BCUT2D eigenvalue weighted by atomic mass is 10.1. The van der Waals surface area contributed by atoms with E-state index in [1.165, 1.54) is 11.1 Å². The molecule has 2 heteroatoms. The average Bonchev–Trinajstić information content (AvgIpc) is 2.38. The molecule has 0 atom stereocenters. The largest absolute Gasteiger partial charge is 0.488 e. The molecule has 0 radical (unpaired) electrons. The van der Waals surface area contributed by atoms with Crippen LogP contribution in [0.4, 0.5) is 0 Å². The fourth-order valence-electron chi connectivity index (χ4n) is 2.07. The van der Waals surface area contributed by atoms with Gasteiger partial charge in [0, 0.05) is 6.54 Å². The molecule has 2 N–H and O–H groups in total. The van der Waals surface area contributed by atoms with E-state index < -0.39 is 0 Å². The summed E-state index contributed by atoms with van der Waals surface area (Å²) in [6.45, 7) is 5.25. The van der Waals surface area contributed by atoms with E-state index in [2.05, 4.69) is 32.0 Å². The fourth-order valence-corrected chi connectivity index (χ4v) is 2.07. The molecule has 94 valence electrons. The van der Waals surface area contributed by atoms with E-state index in [0.29, 0.717) is 13.2 Å². The van der Waals surface area contributed by atoms with E-state index in [-0.39, 0.29) is 0 Å². The van der Waals surface area contributed by atoms with Gasteiger partial charge in [-0.25, -0.2) is 0 Å². The SMILES string of the molecule is Cc1cccc(C)c1OCc1ccccc1CN. The molecule has 2 nitrogen and oxygen atoms in total. The van der Waals surface area contributed by atoms with Gasteiger partial charge in [0.1, 0.15) is 12.4 Å². The molecule has 18 heavy (non-hydrogen) atoms. The van der Waals surface area contributed by atoms with Crippen molar-refractivity contribution in [2.75, 3.05) is 0 Å². The van der Waals surface area contributed by atoms with Crippen LogP contribution in [0.3, 0.4) is 0 Å². The summed E-state index contributed by atoms with van der Waals surface area (Å²) in [5.41, 5.74) is 10.4. The van der Waals surface area contributed by atoms with Crippen molar-refractivity contribution in [3.05, 3.63) is 64.7 Å². The summed E-state index contributed by atoms with van der Waals surface area (Å²) in [5.74, 6) is 0.976. The van der Waals surface area contributed by atoms with Gasteiger partial charge in [-0.15, -0.1) is 0 Å². The number of hydrogen-bond acceptors (Lipinski definition) is 2. The lowest BCUT2D eigenvalue weighted by Crippen LogP contribution is -2.05. The van der Waals surface area contributed by atoms with Gasteiger partial charge < -0.3 is 10.5 Å². The first-order valence-corrected chi connectivity index (χ1v) is 6.18. The molecule has 2 aromatic carbocycles. The quantitative estimate of drug-likeness (QED) is 0.891. The van der Waals surface area contributed by atoms with Gasteiger partial charge in [0.2, 0.25) is 0 Å². The van der Waals surface area contributed by atoms with Crippen LogP contribution in [-0.4, -0.2) is 0 Å². The molecule has 0 aliphatic heterocycles. The third kappa shape index (κ3) is 2.71. The molecular formula is C16H19NO. The summed E-state index contributed by atoms with van der Waals surface area (Å²) in [6, 6.07) is 14.3. The molecule has 0 unspecified atom stereocenters. The molecule has 0 aliphatic carbocycles. The van der Waals surface area contributed by atoms with Crippen LogP contribution in [0.1, 0.15) is 22.3 Å². The monoisotopic (exact) mass is 241 g/mol. The number of benzene rings is 2. The Morgan fingerprint density at radius 3 is 2.11 bits per heavy atom. The number of para-hydroxylation sites is 1. The molecule has 2 aromatic rings. The topological polar surface area (TPSA) is 35.2 Å². The van der Waals surface area contributed by atoms with Crippen LogP contribution >= 0.6 is 0 Å². The molecule has 0 amide bonds. The van der Waals surface area contributed by atoms with Gasteiger partial charge in [-0.05, 0) is 36.1 Å². The van der Waals surface area contributed by atoms with Crippen molar-refractivity contribution in [2.45, 2.75) is 27.0 Å². The van der Waals surface area contributed by atoms with Crippen molar-refractivity contribution in [2.24, 2.45) is 5.73 Å². The zero-order valence-corrected chi connectivity index (χ0v) is 10.9. The van der Waals surface area contributed by atoms with Gasteiger partial charge >= 0.3 is 0 Å². The van der Waals surface area contributed by atoms with E-state index in [1.807, 2.05) is 24.3 Å². The Labute approximate surface area is 108 Å². The van der Waals surface area contributed by atoms with Crippen LogP contribution in [0, 0.1) is 13.8 Å². The molecule has 0 saturated carbocycles. The Balaban J connectivity index is 2.16. The van der Waals surface area contributed by atoms with Crippen LogP contribution in [-0.2, 0) is 13.2 Å². The summed E-state index contributed by atoms with van der Waals surface area (Å²) in [5, 5.41) is 0. The predicted octanol–water partition coefficient (Wildman–Crippen LogP) is 3.34. The second-order valence-corrected chi connectivity index (χ2v) is 4.48. The highest BCUT2D eigenvalue weighted by atomic mass is 16.5. The Morgan fingerprint density at radius 1 is 0.889 bits per heavy atom. The maximum absolute atomic E-state index is 5.94. The molecule has 0 aliphatic rings. The lowest BCUT2D eigenvalue weighted by molar-refractivity contribution is 0.301. The molecular weight excluding hydrogens is 222 g/mol. The molecule has 0 fully saturated rings. The zero-order valence-electron chi connectivity index (χ0n) is 10.9. The maximum Gasteiger partial charge on any atom is 0.125 e. The Bertz CT molecular complexity index is 514. The zero-order chi connectivity index (χ0) is 13.0. The minimum atomic E-state index is 0.548. The van der Waals surface area contributed by atoms with Crippen molar-refractivity contribution in [3.63, 3.8) is 0 Å². The highest BCUT2D eigenvalue weighted by Gasteiger charge is 2.05. The van der Waals surface area contributed by atoms with Crippen LogP contribution in [0.5, 0.6) is 5.75 Å². The van der Waals surface area contributed by atoms with Crippen molar-refractivity contribution in [1.29, 1.82) is 0 Å². The Hall–Kier alpha value is -1.80. The van der Waals surface area contributed by atoms with Gasteiger partial charge in [-0.3, -0.25) is 0 Å². The van der Waals surface area contributed by atoms with Crippen LogP contribution in [0.2, 0.25) is 0 Å². The smallest absolute Gasteiger partial charge is 0.125 e. The average molecular weight is 241 g/mol. The van der Waals surface area contributed by atoms with Gasteiger partial charge in [0.15, 0.2) is 0 Å². The van der Waals surface area contributed by atoms with E-state index in [9.17, 15) is 0 Å². The first-order valence-electron chi connectivity index (χ1n) is 6.18. The molecule has 0 saturated heterocycles. The molecule has 0 bridgehead atoms. The number of nitrogens with two attached hydrogens (primary N) is 1.